The van der Waals surface area contributed by atoms with E-state index in [1.165, 1.54) is 4.31 Å². The molecule has 1 N–H and O–H groups in total. The van der Waals surface area contributed by atoms with E-state index in [0.717, 1.165) is 27.5 Å². The van der Waals surface area contributed by atoms with Crippen molar-refractivity contribution in [2.75, 3.05) is 18.4 Å². The Kier molecular flexibility index (Phi) is 7.47. The minimum absolute atomic E-state index is 0.0573. The Bertz CT molecular complexity index is 1170. The molecule has 1 amide bonds. The minimum Gasteiger partial charge on any atom is -0.326 e. The van der Waals surface area contributed by atoms with Crippen LogP contribution in [0.2, 0.25) is 0 Å². The maximum absolute atomic E-state index is 12.9. The van der Waals surface area contributed by atoms with Gasteiger partial charge in [0.05, 0.1) is 4.90 Å². The van der Waals surface area contributed by atoms with E-state index in [0.29, 0.717) is 30.8 Å². The third-order valence-corrected chi connectivity index (χ3v) is 8.73. The molecule has 172 valence electrons. The summed E-state index contributed by atoms with van der Waals surface area (Å²) < 4.78 is 27.2. The van der Waals surface area contributed by atoms with Gasteiger partial charge in [-0.1, -0.05) is 23.8 Å². The number of nitrogens with zero attached hydrogens (tertiary/aromatic N) is 2. The topological polar surface area (TPSA) is 79.4 Å². The number of carbonyl (C=O) groups excluding carboxylic acids is 1. The standard InChI is InChI=1S/C25H27N3O3S2/c1-19-4-10-24(11-5-19)33(30,31)28-15-12-21(13-16-28)25(29)27-22-6-8-23(9-7-22)32-18-20-3-2-14-26-17-20/h2-11,14,17,21H,12-13,15-16,18H2,1H3,(H,27,29). The van der Waals surface area contributed by atoms with E-state index >= 15 is 0 Å². The van der Waals surface area contributed by atoms with Gasteiger partial charge in [-0.25, -0.2) is 8.42 Å². The molecule has 1 saturated heterocycles. The zero-order valence-electron chi connectivity index (χ0n) is 18.5. The van der Waals surface area contributed by atoms with Crippen LogP contribution in [0.3, 0.4) is 0 Å². The Hall–Kier alpha value is -2.68. The Morgan fingerprint density at radius 3 is 2.39 bits per heavy atom. The van der Waals surface area contributed by atoms with Gasteiger partial charge in [-0.15, -0.1) is 11.8 Å². The summed E-state index contributed by atoms with van der Waals surface area (Å²) in [4.78, 5) is 18.3. The summed E-state index contributed by atoms with van der Waals surface area (Å²) in [5.74, 6) is 0.580. The fraction of sp³-hybridized carbons (Fsp3) is 0.280. The summed E-state index contributed by atoms with van der Waals surface area (Å²) in [7, 11) is -3.52. The number of hydrogen-bond acceptors (Lipinski definition) is 5. The highest BCUT2D eigenvalue weighted by atomic mass is 32.2. The zero-order valence-corrected chi connectivity index (χ0v) is 20.1. The van der Waals surface area contributed by atoms with Crippen molar-refractivity contribution in [2.24, 2.45) is 5.92 Å². The van der Waals surface area contributed by atoms with Crippen molar-refractivity contribution in [2.45, 2.75) is 35.3 Å². The zero-order chi connectivity index (χ0) is 23.3. The largest absolute Gasteiger partial charge is 0.326 e. The third-order valence-electron chi connectivity index (χ3n) is 5.73. The highest BCUT2D eigenvalue weighted by molar-refractivity contribution is 7.98. The number of nitrogens with one attached hydrogen (secondary N) is 1. The predicted molar refractivity (Wildman–Crippen MR) is 132 cm³/mol. The Morgan fingerprint density at radius 2 is 1.76 bits per heavy atom. The van der Waals surface area contributed by atoms with Gasteiger partial charge in [-0.05, 0) is 67.8 Å². The number of benzene rings is 2. The molecule has 0 aliphatic carbocycles. The Morgan fingerprint density at radius 1 is 1.06 bits per heavy atom. The van der Waals surface area contributed by atoms with Crippen molar-refractivity contribution >= 4 is 33.4 Å². The predicted octanol–water partition coefficient (Wildman–Crippen LogP) is 4.72. The van der Waals surface area contributed by atoms with Crippen LogP contribution < -0.4 is 5.32 Å². The molecule has 0 bridgehead atoms. The number of amides is 1. The molecule has 33 heavy (non-hydrogen) atoms. The van der Waals surface area contributed by atoms with Gasteiger partial charge in [0.2, 0.25) is 15.9 Å². The molecular weight excluding hydrogens is 454 g/mol. The summed E-state index contributed by atoms with van der Waals surface area (Å²) in [6.07, 6.45) is 4.64. The first-order valence-electron chi connectivity index (χ1n) is 10.9. The monoisotopic (exact) mass is 481 g/mol. The summed E-state index contributed by atoms with van der Waals surface area (Å²) in [6.45, 7) is 2.62. The molecule has 1 aliphatic heterocycles. The highest BCUT2D eigenvalue weighted by Crippen LogP contribution is 2.27. The van der Waals surface area contributed by atoms with Crippen molar-refractivity contribution in [1.82, 2.24) is 9.29 Å². The van der Waals surface area contributed by atoms with Crippen LogP contribution in [-0.4, -0.2) is 36.7 Å². The molecule has 1 aromatic heterocycles. The summed E-state index contributed by atoms with van der Waals surface area (Å²) >= 11 is 1.72. The first-order chi connectivity index (χ1) is 15.9. The van der Waals surface area contributed by atoms with E-state index in [2.05, 4.69) is 10.3 Å². The van der Waals surface area contributed by atoms with Gasteiger partial charge in [0.1, 0.15) is 0 Å². The number of carbonyl (C=O) groups is 1. The van der Waals surface area contributed by atoms with Crippen LogP contribution in [0.25, 0.3) is 0 Å². The number of piperidine rings is 1. The quantitative estimate of drug-likeness (QED) is 0.494. The number of pyridine rings is 1. The number of anilines is 1. The van der Waals surface area contributed by atoms with Crippen molar-refractivity contribution in [3.8, 4) is 0 Å². The van der Waals surface area contributed by atoms with Crippen LogP contribution >= 0.6 is 11.8 Å². The molecule has 0 spiro atoms. The number of aromatic nitrogens is 1. The molecule has 0 atom stereocenters. The van der Waals surface area contributed by atoms with E-state index < -0.39 is 10.0 Å². The number of thioether (sulfide) groups is 1. The molecular formula is C25H27N3O3S2. The van der Waals surface area contributed by atoms with Crippen molar-refractivity contribution < 1.29 is 13.2 Å². The van der Waals surface area contributed by atoms with Crippen LogP contribution in [0.4, 0.5) is 5.69 Å². The molecule has 1 fully saturated rings. The normalized spacial score (nSPS) is 15.3. The fourth-order valence-electron chi connectivity index (χ4n) is 3.75. The van der Waals surface area contributed by atoms with Gasteiger partial charge in [0.15, 0.2) is 0 Å². The van der Waals surface area contributed by atoms with Crippen LogP contribution in [0.1, 0.15) is 24.0 Å². The second-order valence-corrected chi connectivity index (χ2v) is 11.1. The maximum Gasteiger partial charge on any atom is 0.243 e. The van der Waals surface area contributed by atoms with Gasteiger partial charge in [-0.3, -0.25) is 9.78 Å². The van der Waals surface area contributed by atoms with E-state index in [-0.39, 0.29) is 11.8 Å². The number of hydrogen-bond donors (Lipinski definition) is 1. The first-order valence-corrected chi connectivity index (χ1v) is 13.3. The molecule has 2 aromatic carbocycles. The molecule has 1 aliphatic rings. The molecule has 0 radical (unpaired) electrons. The second-order valence-electron chi connectivity index (χ2n) is 8.15. The Labute approximate surface area is 199 Å². The van der Waals surface area contributed by atoms with Gasteiger partial charge in [0, 0.05) is 47.7 Å². The lowest BCUT2D eigenvalue weighted by Crippen LogP contribution is -2.41. The van der Waals surface area contributed by atoms with Gasteiger partial charge >= 0.3 is 0 Å². The molecule has 4 rings (SSSR count). The number of sulfonamides is 1. The average Bonchev–Trinajstić information content (AvgIpc) is 2.84. The average molecular weight is 482 g/mol. The van der Waals surface area contributed by atoms with E-state index in [1.807, 2.05) is 49.5 Å². The summed E-state index contributed by atoms with van der Waals surface area (Å²) in [5.41, 5.74) is 2.93. The SMILES string of the molecule is Cc1ccc(S(=O)(=O)N2CCC(C(=O)Nc3ccc(SCc4cccnc4)cc3)CC2)cc1. The summed E-state index contributed by atoms with van der Waals surface area (Å²) in [6, 6.07) is 18.7. The molecule has 0 saturated carbocycles. The van der Waals surface area contributed by atoms with E-state index in [9.17, 15) is 13.2 Å². The molecule has 8 heteroatoms. The number of aryl methyl sites for hydroxylation is 1. The second kappa shape index (κ2) is 10.5. The third kappa shape index (κ3) is 6.01. The molecule has 3 aromatic rings. The summed E-state index contributed by atoms with van der Waals surface area (Å²) in [5, 5.41) is 2.98. The van der Waals surface area contributed by atoms with Crippen molar-refractivity contribution in [3.63, 3.8) is 0 Å². The van der Waals surface area contributed by atoms with Gasteiger partial charge in [0.25, 0.3) is 0 Å². The highest BCUT2D eigenvalue weighted by Gasteiger charge is 2.32. The maximum atomic E-state index is 12.9. The number of rotatable bonds is 7. The minimum atomic E-state index is -3.52. The lowest BCUT2D eigenvalue weighted by molar-refractivity contribution is -0.120. The van der Waals surface area contributed by atoms with Crippen LogP contribution in [-0.2, 0) is 20.6 Å². The van der Waals surface area contributed by atoms with Gasteiger partial charge in [-0.2, -0.15) is 4.31 Å². The smallest absolute Gasteiger partial charge is 0.243 e. The van der Waals surface area contributed by atoms with Gasteiger partial charge < -0.3 is 5.32 Å². The Balaban J connectivity index is 1.28. The van der Waals surface area contributed by atoms with Crippen molar-refractivity contribution in [1.29, 1.82) is 0 Å². The molecule has 0 unspecified atom stereocenters. The van der Waals surface area contributed by atoms with Crippen LogP contribution in [0, 0.1) is 12.8 Å². The fourth-order valence-corrected chi connectivity index (χ4v) is 6.05. The van der Waals surface area contributed by atoms with Crippen molar-refractivity contribution in [3.05, 3.63) is 84.2 Å². The lowest BCUT2D eigenvalue weighted by Gasteiger charge is -2.30. The molecule has 2 heterocycles. The van der Waals surface area contributed by atoms with E-state index in [4.69, 9.17) is 0 Å². The van der Waals surface area contributed by atoms with Crippen LogP contribution in [0.5, 0.6) is 0 Å². The van der Waals surface area contributed by atoms with Crippen LogP contribution in [0.15, 0.2) is 82.8 Å². The van der Waals surface area contributed by atoms with E-state index in [1.54, 1.807) is 42.2 Å². The lowest BCUT2D eigenvalue weighted by atomic mass is 9.97. The molecule has 6 nitrogen and oxygen atoms in total. The first kappa shape index (κ1) is 23.5.